The largest absolute Gasteiger partial charge is 0.415 e. The van der Waals surface area contributed by atoms with E-state index in [2.05, 4.69) is 0 Å². The van der Waals surface area contributed by atoms with E-state index in [1.807, 2.05) is 13.8 Å². The number of hydrogen-bond acceptors (Lipinski definition) is 3. The Morgan fingerprint density at radius 1 is 1.22 bits per heavy atom. The average Bonchev–Trinajstić information content (AvgIpc) is 2.60. The standard InChI is InChI=1S/C20H29F4NO2/c1-14(2)27-18-8-4-7-17(10-18)25(13-19(26)20(22,23)24)12-16-6-3-5-15(9-16)11-21/h3,5-6,9,14,17-19,26H,4,7-8,10-13H2,1-2H3. The Kier molecular flexibility index (Phi) is 8.06. The minimum absolute atomic E-state index is 0.00598. The van der Waals surface area contributed by atoms with Crippen molar-refractivity contribution in [2.45, 2.75) is 83.3 Å². The molecule has 3 nitrogen and oxygen atoms in total. The van der Waals surface area contributed by atoms with Crippen LogP contribution in [0.5, 0.6) is 0 Å². The fourth-order valence-corrected chi connectivity index (χ4v) is 3.67. The summed E-state index contributed by atoms with van der Waals surface area (Å²) in [5.74, 6) is 0. The minimum atomic E-state index is -4.67. The fourth-order valence-electron chi connectivity index (χ4n) is 3.67. The van der Waals surface area contributed by atoms with Crippen LogP contribution in [-0.4, -0.2) is 47.1 Å². The number of halogens is 4. The molecule has 1 N–H and O–H groups in total. The van der Waals surface area contributed by atoms with Gasteiger partial charge in [-0.15, -0.1) is 0 Å². The van der Waals surface area contributed by atoms with Gasteiger partial charge in [-0.1, -0.05) is 24.3 Å². The third-order valence-corrected chi connectivity index (χ3v) is 4.90. The van der Waals surface area contributed by atoms with Gasteiger partial charge in [-0.05, 0) is 50.7 Å². The van der Waals surface area contributed by atoms with Crippen LogP contribution in [0.4, 0.5) is 17.6 Å². The van der Waals surface area contributed by atoms with Crippen molar-refractivity contribution >= 4 is 0 Å². The molecule has 1 aromatic rings. The molecule has 0 heterocycles. The minimum Gasteiger partial charge on any atom is -0.382 e. The van der Waals surface area contributed by atoms with Crippen LogP contribution in [0.25, 0.3) is 0 Å². The van der Waals surface area contributed by atoms with Crippen LogP contribution < -0.4 is 0 Å². The molecular weight excluding hydrogens is 362 g/mol. The quantitative estimate of drug-likeness (QED) is 0.657. The highest BCUT2D eigenvalue weighted by molar-refractivity contribution is 5.23. The second-order valence-corrected chi connectivity index (χ2v) is 7.57. The zero-order valence-corrected chi connectivity index (χ0v) is 15.9. The SMILES string of the molecule is CC(C)OC1CCCC(N(Cc2cccc(CF)c2)CC(O)C(F)(F)F)C1. The molecule has 1 aromatic carbocycles. The van der Waals surface area contributed by atoms with Crippen LogP contribution in [0.2, 0.25) is 0 Å². The van der Waals surface area contributed by atoms with Gasteiger partial charge in [-0.2, -0.15) is 13.2 Å². The molecule has 0 amide bonds. The van der Waals surface area contributed by atoms with Crippen molar-refractivity contribution in [1.29, 1.82) is 0 Å². The molecule has 1 aliphatic rings. The highest BCUT2D eigenvalue weighted by Crippen LogP contribution is 2.29. The fraction of sp³-hybridized carbons (Fsp3) is 0.700. The lowest BCUT2D eigenvalue weighted by Crippen LogP contribution is -2.47. The van der Waals surface area contributed by atoms with E-state index < -0.39 is 25.5 Å². The number of rotatable bonds is 8. The Labute approximate surface area is 158 Å². The lowest BCUT2D eigenvalue weighted by molar-refractivity contribution is -0.210. The van der Waals surface area contributed by atoms with Crippen molar-refractivity contribution in [3.8, 4) is 0 Å². The van der Waals surface area contributed by atoms with Crippen molar-refractivity contribution in [2.24, 2.45) is 0 Å². The second kappa shape index (κ2) is 9.85. The molecule has 7 heteroatoms. The predicted molar refractivity (Wildman–Crippen MR) is 96.0 cm³/mol. The van der Waals surface area contributed by atoms with Crippen molar-refractivity contribution < 1.29 is 27.4 Å². The summed E-state index contributed by atoms with van der Waals surface area (Å²) in [5, 5.41) is 9.62. The van der Waals surface area contributed by atoms with Crippen molar-refractivity contribution in [1.82, 2.24) is 4.90 Å². The van der Waals surface area contributed by atoms with Crippen LogP contribution in [0, 0.1) is 0 Å². The zero-order chi connectivity index (χ0) is 20.0. The topological polar surface area (TPSA) is 32.7 Å². The summed E-state index contributed by atoms with van der Waals surface area (Å²) < 4.78 is 57.6. The number of aliphatic hydroxyl groups excluding tert-OH is 1. The first kappa shape index (κ1) is 22.1. The number of aliphatic hydroxyl groups is 1. The molecular formula is C20H29F4NO2. The average molecular weight is 391 g/mol. The maximum absolute atomic E-state index is 12.9. The van der Waals surface area contributed by atoms with Gasteiger partial charge in [-0.3, -0.25) is 4.90 Å². The van der Waals surface area contributed by atoms with E-state index in [0.29, 0.717) is 12.0 Å². The smallest absolute Gasteiger partial charge is 0.382 e. The monoisotopic (exact) mass is 391 g/mol. The highest BCUT2D eigenvalue weighted by atomic mass is 19.4. The molecule has 0 aliphatic heterocycles. The van der Waals surface area contributed by atoms with Gasteiger partial charge in [0.15, 0.2) is 6.10 Å². The molecule has 1 fully saturated rings. The van der Waals surface area contributed by atoms with Gasteiger partial charge >= 0.3 is 6.18 Å². The predicted octanol–water partition coefficient (Wildman–Crippen LogP) is 4.62. The summed E-state index contributed by atoms with van der Waals surface area (Å²) in [6.45, 7) is 3.00. The molecule has 0 saturated heterocycles. The molecule has 0 aromatic heterocycles. The summed E-state index contributed by atoms with van der Waals surface area (Å²) in [6, 6.07) is 6.67. The maximum atomic E-state index is 12.9. The van der Waals surface area contributed by atoms with Crippen LogP contribution in [0.15, 0.2) is 24.3 Å². The first-order valence-corrected chi connectivity index (χ1v) is 9.47. The zero-order valence-electron chi connectivity index (χ0n) is 15.9. The van der Waals surface area contributed by atoms with Gasteiger partial charge in [-0.25, -0.2) is 4.39 Å². The Balaban J connectivity index is 2.15. The van der Waals surface area contributed by atoms with E-state index >= 15 is 0 Å². The number of ether oxygens (including phenoxy) is 1. The third-order valence-electron chi connectivity index (χ3n) is 4.90. The molecule has 0 bridgehead atoms. The number of benzene rings is 1. The van der Waals surface area contributed by atoms with E-state index in [1.165, 1.54) is 0 Å². The van der Waals surface area contributed by atoms with Crippen LogP contribution in [0.3, 0.4) is 0 Å². The summed E-state index contributed by atoms with van der Waals surface area (Å²) in [6.07, 6.45) is -3.87. The molecule has 1 aliphatic carbocycles. The van der Waals surface area contributed by atoms with Crippen LogP contribution >= 0.6 is 0 Å². The van der Waals surface area contributed by atoms with Crippen LogP contribution in [-0.2, 0) is 18.0 Å². The lowest BCUT2D eigenvalue weighted by atomic mass is 9.91. The molecule has 3 atom stereocenters. The summed E-state index contributed by atoms with van der Waals surface area (Å²) in [5.41, 5.74) is 1.24. The van der Waals surface area contributed by atoms with Crippen LogP contribution in [0.1, 0.15) is 50.7 Å². The first-order valence-electron chi connectivity index (χ1n) is 9.47. The van der Waals surface area contributed by atoms with E-state index in [-0.39, 0.29) is 24.8 Å². The maximum Gasteiger partial charge on any atom is 0.415 e. The summed E-state index contributed by atoms with van der Waals surface area (Å²) >= 11 is 0. The normalized spacial score (nSPS) is 22.4. The first-order chi connectivity index (χ1) is 12.7. The van der Waals surface area contributed by atoms with Crippen molar-refractivity contribution in [3.63, 3.8) is 0 Å². The van der Waals surface area contributed by atoms with Gasteiger partial charge in [0, 0.05) is 19.1 Å². The van der Waals surface area contributed by atoms with E-state index in [1.54, 1.807) is 29.2 Å². The molecule has 3 unspecified atom stereocenters. The van der Waals surface area contributed by atoms with Crippen molar-refractivity contribution in [2.75, 3.05) is 6.54 Å². The Bertz CT molecular complexity index is 579. The van der Waals surface area contributed by atoms with E-state index in [9.17, 15) is 22.7 Å². The Morgan fingerprint density at radius 2 is 1.93 bits per heavy atom. The van der Waals surface area contributed by atoms with E-state index in [4.69, 9.17) is 4.74 Å². The lowest BCUT2D eigenvalue weighted by Gasteiger charge is -2.39. The molecule has 27 heavy (non-hydrogen) atoms. The third kappa shape index (κ3) is 7.05. The van der Waals surface area contributed by atoms with Gasteiger partial charge in [0.1, 0.15) is 6.67 Å². The Morgan fingerprint density at radius 3 is 2.56 bits per heavy atom. The molecule has 0 spiro atoms. The van der Waals surface area contributed by atoms with Gasteiger partial charge in [0.25, 0.3) is 0 Å². The Hall–Kier alpha value is -1.18. The number of alkyl halides is 4. The van der Waals surface area contributed by atoms with Gasteiger partial charge in [0.2, 0.25) is 0 Å². The second-order valence-electron chi connectivity index (χ2n) is 7.57. The summed E-state index contributed by atoms with van der Waals surface area (Å²) in [7, 11) is 0. The van der Waals surface area contributed by atoms with Gasteiger partial charge in [0.05, 0.1) is 12.2 Å². The molecule has 1 saturated carbocycles. The molecule has 2 rings (SSSR count). The van der Waals surface area contributed by atoms with E-state index in [0.717, 1.165) is 24.8 Å². The van der Waals surface area contributed by atoms with Gasteiger partial charge < -0.3 is 9.84 Å². The molecule has 0 radical (unpaired) electrons. The van der Waals surface area contributed by atoms with Crippen molar-refractivity contribution in [3.05, 3.63) is 35.4 Å². The molecule has 154 valence electrons. The number of nitrogens with zero attached hydrogens (tertiary/aromatic N) is 1. The number of hydrogen-bond donors (Lipinski definition) is 1. The summed E-state index contributed by atoms with van der Waals surface area (Å²) in [4.78, 5) is 1.67. The highest BCUT2D eigenvalue weighted by Gasteiger charge is 2.40.